The molecule has 22 nitrogen and oxygen atoms in total. The summed E-state index contributed by atoms with van der Waals surface area (Å²) in [5, 5.41) is 160. The normalized spacial score (nSPS) is 15.6. The predicted octanol–water partition coefficient (Wildman–Crippen LogP) is 9.13. The van der Waals surface area contributed by atoms with Crippen molar-refractivity contribution in [3.8, 4) is 80.5 Å². The summed E-state index contributed by atoms with van der Waals surface area (Å²) < 4.78 is 24.0. The molecule has 14 N–H and O–H groups in total. The summed E-state index contributed by atoms with van der Waals surface area (Å²) in [6, 6.07) is 32.5. The highest BCUT2D eigenvalue weighted by Gasteiger charge is 2.38. The summed E-state index contributed by atoms with van der Waals surface area (Å²) in [7, 11) is 0. The van der Waals surface area contributed by atoms with Crippen molar-refractivity contribution in [3.05, 3.63) is 235 Å². The van der Waals surface area contributed by atoms with Gasteiger partial charge in [-0.1, -0.05) is 60.7 Å². The van der Waals surface area contributed by atoms with Gasteiger partial charge < -0.3 is 90.4 Å². The van der Waals surface area contributed by atoms with Crippen molar-refractivity contribution in [1.82, 2.24) is 0 Å². The Balaban J connectivity index is 1.35. The molecule has 0 amide bonds. The lowest BCUT2D eigenvalue weighted by molar-refractivity contribution is -0.140. The topological polar surface area (TPSA) is 388 Å². The molecule has 4 atom stereocenters. The molecule has 11 rings (SSSR count). The Morgan fingerprint density at radius 3 is 0.711 bits per heavy atom. The molecule has 0 aliphatic heterocycles. The van der Waals surface area contributed by atoms with Gasteiger partial charge in [0.05, 0.1) is 0 Å². The fourth-order valence-corrected chi connectivity index (χ4v) is 12.1. The molecule has 0 saturated carbocycles. The fourth-order valence-electron chi connectivity index (χ4n) is 12.1. The zero-order valence-electron chi connectivity index (χ0n) is 46.9. The highest BCUT2D eigenvalue weighted by molar-refractivity contribution is 5.73. The second-order valence-electron chi connectivity index (χ2n) is 21.7. The van der Waals surface area contributed by atoms with Crippen LogP contribution in [0.15, 0.2) is 146 Å². The number of carboxylic acids is 4. The van der Waals surface area contributed by atoms with Gasteiger partial charge in [0.15, 0.2) is 26.4 Å². The minimum atomic E-state index is -1.63. The summed E-state index contributed by atoms with van der Waals surface area (Å²) in [6.07, 6.45) is -0.109. The Morgan fingerprint density at radius 2 is 0.489 bits per heavy atom. The van der Waals surface area contributed by atoms with E-state index in [1.54, 1.807) is 48.5 Å². The van der Waals surface area contributed by atoms with Gasteiger partial charge >= 0.3 is 23.9 Å². The second kappa shape index (κ2) is 24.1. The van der Waals surface area contributed by atoms with E-state index in [-0.39, 0.29) is 114 Å². The van der Waals surface area contributed by atoms with Crippen LogP contribution in [0.3, 0.4) is 0 Å². The molecule has 0 saturated heterocycles. The van der Waals surface area contributed by atoms with E-state index in [2.05, 4.69) is 0 Å². The Bertz CT molecular complexity index is 4130. The second-order valence-corrected chi connectivity index (χ2v) is 21.7. The molecule has 0 heterocycles. The first-order chi connectivity index (χ1) is 43.0. The van der Waals surface area contributed by atoms with E-state index in [1.807, 2.05) is 0 Å². The van der Waals surface area contributed by atoms with Gasteiger partial charge in [-0.25, -0.2) is 19.2 Å². The van der Waals surface area contributed by atoms with Crippen LogP contribution >= 0.6 is 0 Å². The summed E-state index contributed by atoms with van der Waals surface area (Å²) in [6.45, 7) is -3.68. The molecule has 4 unspecified atom stereocenters. The maximum absolute atomic E-state index is 12.6. The lowest BCUT2D eigenvalue weighted by atomic mass is 9.75. The van der Waals surface area contributed by atoms with Crippen LogP contribution in [0, 0.1) is 0 Å². The number of hydrogen-bond donors (Lipinski definition) is 14. The van der Waals surface area contributed by atoms with Gasteiger partial charge in [0.25, 0.3) is 0 Å². The molecular weight excluding hydrogens is 1170 g/mol. The lowest BCUT2D eigenvalue weighted by Gasteiger charge is -2.30. The SMILES string of the molecule is O=C(O)COc1ccc2cc1C(c1ccc(O)cc1O)c1cc(c(O)cc1O)C1c3cc(c(O)cc3O)C(c3cc(c(O)cc3O)C(c3ccc(O)cc3O)c3cc(ccc3OCC(=O)O)Cc3ccc(OCC(=O)O)c1c3)c1cc(ccc1OCC(=O)O)C2. The van der Waals surface area contributed by atoms with Gasteiger partial charge in [0.1, 0.15) is 80.5 Å². The predicted molar refractivity (Wildman–Crippen MR) is 317 cm³/mol. The molecular formula is C68H54O22. The number of phenolic OH excluding ortho intramolecular Hbond substituents is 10. The van der Waals surface area contributed by atoms with E-state index < -0.39 is 120 Å². The van der Waals surface area contributed by atoms with E-state index in [0.717, 1.165) is 30.3 Å². The largest absolute Gasteiger partial charge is 0.508 e. The molecule has 458 valence electrons. The number of aromatic hydroxyl groups is 10. The average Bonchev–Trinajstić information content (AvgIpc) is 0.930. The molecule has 2 aliphatic rings. The zero-order valence-corrected chi connectivity index (χ0v) is 46.9. The third-order valence-electron chi connectivity index (χ3n) is 15.8. The van der Waals surface area contributed by atoms with Crippen LogP contribution in [-0.4, -0.2) is 122 Å². The molecule has 0 radical (unpaired) electrons. The highest BCUT2D eigenvalue weighted by Crippen LogP contribution is 2.55. The highest BCUT2D eigenvalue weighted by atomic mass is 16.5. The number of fused-ring (bicyclic) bond motifs is 16. The van der Waals surface area contributed by atoms with Crippen molar-refractivity contribution in [2.45, 2.75) is 36.5 Å². The van der Waals surface area contributed by atoms with Gasteiger partial charge in [-0.2, -0.15) is 0 Å². The molecule has 0 spiro atoms. The summed E-state index contributed by atoms with van der Waals surface area (Å²) in [5.74, 6) is -17.9. The Labute approximate surface area is 509 Å². The van der Waals surface area contributed by atoms with Crippen molar-refractivity contribution < 1.29 is 110 Å². The van der Waals surface area contributed by atoms with Gasteiger partial charge in [0, 0.05) is 121 Å². The van der Waals surface area contributed by atoms with Gasteiger partial charge in [-0.15, -0.1) is 0 Å². The van der Waals surface area contributed by atoms with Crippen molar-refractivity contribution >= 4 is 23.9 Å². The van der Waals surface area contributed by atoms with Gasteiger partial charge in [-0.05, 0) is 89.7 Å². The van der Waals surface area contributed by atoms with Crippen LogP contribution in [0.5, 0.6) is 80.5 Å². The molecule has 0 fully saturated rings. The number of aliphatic carboxylic acids is 4. The Hall–Kier alpha value is -11.9. The van der Waals surface area contributed by atoms with E-state index >= 15 is 0 Å². The zero-order chi connectivity index (χ0) is 64.0. The number of rotatable bonds is 14. The van der Waals surface area contributed by atoms with Crippen LogP contribution < -0.4 is 18.9 Å². The number of ether oxygens (including phenoxy) is 4. The van der Waals surface area contributed by atoms with Crippen molar-refractivity contribution in [2.24, 2.45) is 0 Å². The van der Waals surface area contributed by atoms with Crippen LogP contribution in [0.4, 0.5) is 0 Å². The third-order valence-corrected chi connectivity index (χ3v) is 15.8. The Kier molecular flexibility index (Phi) is 16.0. The molecule has 2 aliphatic carbocycles. The van der Waals surface area contributed by atoms with E-state index in [0.29, 0.717) is 22.3 Å². The summed E-state index contributed by atoms with van der Waals surface area (Å²) in [4.78, 5) is 49.3. The maximum atomic E-state index is 12.6. The smallest absolute Gasteiger partial charge is 0.341 e. The maximum Gasteiger partial charge on any atom is 0.341 e. The van der Waals surface area contributed by atoms with E-state index in [4.69, 9.17) is 18.9 Å². The summed E-state index contributed by atoms with van der Waals surface area (Å²) >= 11 is 0. The van der Waals surface area contributed by atoms with Gasteiger partial charge in [-0.3, -0.25) is 0 Å². The number of phenols is 10. The minimum absolute atomic E-state index is 0.00170. The van der Waals surface area contributed by atoms with Gasteiger partial charge in [0.2, 0.25) is 0 Å². The fraction of sp³-hybridized carbons (Fsp3) is 0.147. The first-order valence-corrected chi connectivity index (χ1v) is 27.6. The lowest BCUT2D eigenvalue weighted by Crippen LogP contribution is -2.16. The third kappa shape index (κ3) is 11.9. The number of benzene rings is 9. The molecule has 0 aromatic heterocycles. The van der Waals surface area contributed by atoms with Crippen molar-refractivity contribution in [1.29, 1.82) is 0 Å². The van der Waals surface area contributed by atoms with E-state index in [9.17, 15) is 90.7 Å². The van der Waals surface area contributed by atoms with Crippen LogP contribution in [0.1, 0.15) is 113 Å². The van der Waals surface area contributed by atoms with Crippen molar-refractivity contribution in [3.63, 3.8) is 0 Å². The van der Waals surface area contributed by atoms with Crippen LogP contribution in [0.2, 0.25) is 0 Å². The molecule has 22 heteroatoms. The first kappa shape index (κ1) is 59.8. The minimum Gasteiger partial charge on any atom is -0.508 e. The molecule has 9 aromatic rings. The van der Waals surface area contributed by atoms with Crippen molar-refractivity contribution in [2.75, 3.05) is 26.4 Å². The molecule has 90 heavy (non-hydrogen) atoms. The number of hydrogen-bond acceptors (Lipinski definition) is 18. The standard InChI is InChI=1S/C68H54O22/c69-35-5-7-37(49(71)19-35)65-39-21-41(53(75)24-51(39)73)68-44-23-43(55(77)26-56(44)78)67(47-17-33(3-11-59(47)89-29-63(83)84)13-31-1-9-57(45(65)15-31)87-27-61(79)80)42-22-40(52(74)25-54(42)76)66(38-8-6-36(70)20-50(38)72)46-16-32(2-10-58(46)88-28-62(81)82)14-34-4-12-60(48(68)18-34)90-30-64(85)86/h1-12,15-26,65-78H,13-14,27-30H2,(H,79,80)(H,81,82)(H,83,84)(H,85,86). The summed E-state index contributed by atoms with van der Waals surface area (Å²) in [5.41, 5.74) is 0.905. The van der Waals surface area contributed by atoms with E-state index in [1.165, 1.54) is 66.7 Å². The molecule has 16 bridgehead atoms. The van der Waals surface area contributed by atoms with Crippen LogP contribution in [-0.2, 0) is 32.0 Å². The number of carbonyl (C=O) groups is 4. The quantitative estimate of drug-likeness (QED) is 0.0482. The molecule has 9 aromatic carbocycles. The first-order valence-electron chi connectivity index (χ1n) is 27.6. The number of carboxylic acid groups (broad SMARTS) is 4. The monoisotopic (exact) mass is 1220 g/mol. The van der Waals surface area contributed by atoms with Crippen LogP contribution in [0.25, 0.3) is 0 Å². The Morgan fingerprint density at radius 1 is 0.267 bits per heavy atom. The average molecular weight is 1220 g/mol.